The lowest BCUT2D eigenvalue weighted by atomic mass is 9.95. The van der Waals surface area contributed by atoms with Crippen LogP contribution >= 0.6 is 0 Å². The van der Waals surface area contributed by atoms with Gasteiger partial charge in [0.1, 0.15) is 0 Å². The molecule has 0 aliphatic heterocycles. The number of hydrogen-bond donors (Lipinski definition) is 3. The van der Waals surface area contributed by atoms with E-state index in [1.54, 1.807) is 0 Å². The van der Waals surface area contributed by atoms with Gasteiger partial charge in [0.2, 0.25) is 5.91 Å². The number of hydrogen-bond acceptors (Lipinski definition) is 4. The molecule has 1 amide bonds. The normalized spacial score (nSPS) is 14.0. The summed E-state index contributed by atoms with van der Waals surface area (Å²) in [5.41, 5.74) is 5.21. The molecule has 1 unspecified atom stereocenters. The van der Waals surface area contributed by atoms with Crippen LogP contribution in [0, 0.1) is 11.8 Å². The first kappa shape index (κ1) is 15.3. The maximum Gasteiger partial charge on any atom is 0.264 e. The molecule has 6 nitrogen and oxygen atoms in total. The molecule has 0 saturated heterocycles. The van der Waals surface area contributed by atoms with Crippen LogP contribution in [0.5, 0.6) is 0 Å². The van der Waals surface area contributed by atoms with Crippen molar-refractivity contribution in [1.29, 1.82) is 0 Å². The van der Waals surface area contributed by atoms with Gasteiger partial charge in [0, 0.05) is 6.54 Å². The molecular formula is C9H20N2O4S. The highest BCUT2D eigenvalue weighted by atomic mass is 32.2. The number of primary amides is 1. The summed E-state index contributed by atoms with van der Waals surface area (Å²) in [4.78, 5) is 11.0. The summed E-state index contributed by atoms with van der Waals surface area (Å²) in [7, 11) is -3.89. The molecule has 0 aromatic carbocycles. The third-order valence-corrected chi connectivity index (χ3v) is 3.09. The van der Waals surface area contributed by atoms with Gasteiger partial charge in [-0.3, -0.25) is 9.35 Å². The summed E-state index contributed by atoms with van der Waals surface area (Å²) >= 11 is 0. The fourth-order valence-electron chi connectivity index (χ4n) is 1.30. The first-order valence-corrected chi connectivity index (χ1v) is 6.80. The van der Waals surface area contributed by atoms with Crippen LogP contribution in [0.1, 0.15) is 20.3 Å². The van der Waals surface area contributed by atoms with E-state index in [0.29, 0.717) is 19.5 Å². The molecule has 0 radical (unpaired) electrons. The van der Waals surface area contributed by atoms with Crippen LogP contribution in [-0.4, -0.2) is 37.7 Å². The molecule has 0 aromatic rings. The van der Waals surface area contributed by atoms with Crippen molar-refractivity contribution in [3.63, 3.8) is 0 Å². The summed E-state index contributed by atoms with van der Waals surface area (Å²) in [6.45, 7) is 4.65. The van der Waals surface area contributed by atoms with E-state index >= 15 is 0 Å². The molecule has 0 heterocycles. The fourth-order valence-corrected chi connectivity index (χ4v) is 1.81. The Kier molecular flexibility index (Phi) is 6.54. The highest BCUT2D eigenvalue weighted by molar-refractivity contribution is 7.85. The van der Waals surface area contributed by atoms with Crippen LogP contribution in [0.3, 0.4) is 0 Å². The van der Waals surface area contributed by atoms with Gasteiger partial charge in [0.15, 0.2) is 0 Å². The predicted molar refractivity (Wildman–Crippen MR) is 61.4 cm³/mol. The first-order chi connectivity index (χ1) is 7.24. The number of nitrogens with two attached hydrogens (primary N) is 1. The van der Waals surface area contributed by atoms with Crippen LogP contribution in [0.25, 0.3) is 0 Å². The quantitative estimate of drug-likeness (QED) is 0.402. The van der Waals surface area contributed by atoms with Gasteiger partial charge in [-0.15, -0.1) is 0 Å². The Balaban J connectivity index is 3.76. The molecule has 0 aromatic heterocycles. The largest absolute Gasteiger partial charge is 0.369 e. The van der Waals surface area contributed by atoms with Crippen molar-refractivity contribution in [1.82, 2.24) is 5.32 Å². The van der Waals surface area contributed by atoms with Crippen LogP contribution in [-0.2, 0) is 14.9 Å². The average Bonchev–Trinajstić information content (AvgIpc) is 2.07. The van der Waals surface area contributed by atoms with Crippen molar-refractivity contribution >= 4 is 16.0 Å². The smallest absolute Gasteiger partial charge is 0.264 e. The second-order valence-corrected chi connectivity index (χ2v) is 5.67. The lowest BCUT2D eigenvalue weighted by Crippen LogP contribution is -2.36. The van der Waals surface area contributed by atoms with Crippen molar-refractivity contribution in [2.75, 3.05) is 18.8 Å². The molecule has 0 spiro atoms. The molecule has 0 bridgehead atoms. The molecule has 0 aliphatic rings. The van der Waals surface area contributed by atoms with Crippen molar-refractivity contribution in [2.24, 2.45) is 17.6 Å². The molecular weight excluding hydrogens is 232 g/mol. The zero-order valence-corrected chi connectivity index (χ0v) is 10.5. The zero-order chi connectivity index (χ0) is 12.8. The lowest BCUT2D eigenvalue weighted by molar-refractivity contribution is -0.122. The Morgan fingerprint density at radius 2 is 2.00 bits per heavy atom. The number of amides is 1. The van der Waals surface area contributed by atoms with Gasteiger partial charge in [-0.05, 0) is 18.9 Å². The number of rotatable bonds is 8. The van der Waals surface area contributed by atoms with Gasteiger partial charge in [-0.1, -0.05) is 13.8 Å². The number of carbonyl (C=O) groups excluding carboxylic acids is 1. The van der Waals surface area contributed by atoms with Crippen LogP contribution in [0.4, 0.5) is 0 Å². The van der Waals surface area contributed by atoms with Crippen LogP contribution < -0.4 is 11.1 Å². The highest BCUT2D eigenvalue weighted by Crippen LogP contribution is 2.08. The zero-order valence-electron chi connectivity index (χ0n) is 9.64. The molecule has 16 heavy (non-hydrogen) atoms. The van der Waals surface area contributed by atoms with E-state index in [4.69, 9.17) is 10.3 Å². The SMILES string of the molecule is CC(C)C(CNCCCS(=O)(=O)O)C(N)=O. The third kappa shape index (κ3) is 7.61. The Morgan fingerprint density at radius 3 is 2.38 bits per heavy atom. The summed E-state index contributed by atoms with van der Waals surface area (Å²) in [5, 5.41) is 2.94. The molecule has 0 rings (SSSR count). The maximum absolute atomic E-state index is 11.0. The number of carbonyl (C=O) groups is 1. The van der Waals surface area contributed by atoms with Crippen molar-refractivity contribution in [3.05, 3.63) is 0 Å². The minimum absolute atomic E-state index is 0.145. The van der Waals surface area contributed by atoms with Crippen molar-refractivity contribution in [3.8, 4) is 0 Å². The van der Waals surface area contributed by atoms with E-state index in [2.05, 4.69) is 5.32 Å². The Morgan fingerprint density at radius 1 is 1.44 bits per heavy atom. The maximum atomic E-state index is 11.0. The summed E-state index contributed by atoms with van der Waals surface area (Å²) in [6.07, 6.45) is 0.308. The predicted octanol–water partition coefficient (Wildman–Crippen LogP) is -0.389. The highest BCUT2D eigenvalue weighted by Gasteiger charge is 2.18. The van der Waals surface area contributed by atoms with Crippen molar-refractivity contribution < 1.29 is 17.8 Å². The summed E-state index contributed by atoms with van der Waals surface area (Å²) in [6, 6.07) is 0. The van der Waals surface area contributed by atoms with Gasteiger partial charge in [0.05, 0.1) is 11.7 Å². The van der Waals surface area contributed by atoms with Gasteiger partial charge in [0.25, 0.3) is 10.1 Å². The average molecular weight is 252 g/mol. The van der Waals surface area contributed by atoms with Crippen LogP contribution in [0.2, 0.25) is 0 Å². The first-order valence-electron chi connectivity index (χ1n) is 5.19. The van der Waals surface area contributed by atoms with E-state index in [9.17, 15) is 13.2 Å². The van der Waals surface area contributed by atoms with Gasteiger partial charge in [-0.25, -0.2) is 0 Å². The second-order valence-electron chi connectivity index (χ2n) is 4.10. The molecule has 0 aliphatic carbocycles. The molecule has 0 saturated carbocycles. The molecule has 0 fully saturated rings. The molecule has 7 heteroatoms. The lowest BCUT2D eigenvalue weighted by Gasteiger charge is -2.17. The van der Waals surface area contributed by atoms with E-state index in [1.807, 2.05) is 13.8 Å². The van der Waals surface area contributed by atoms with E-state index in [1.165, 1.54) is 0 Å². The van der Waals surface area contributed by atoms with Crippen LogP contribution in [0.15, 0.2) is 0 Å². The van der Waals surface area contributed by atoms with Gasteiger partial charge >= 0.3 is 0 Å². The summed E-state index contributed by atoms with van der Waals surface area (Å²) in [5.74, 6) is -0.752. The topological polar surface area (TPSA) is 109 Å². The Bertz CT molecular complexity index is 313. The van der Waals surface area contributed by atoms with E-state index in [0.717, 1.165) is 0 Å². The summed E-state index contributed by atoms with van der Waals surface area (Å²) < 4.78 is 29.3. The third-order valence-electron chi connectivity index (χ3n) is 2.29. The standard InChI is InChI=1S/C9H20N2O4S/c1-7(2)8(9(10)12)6-11-4-3-5-16(13,14)15/h7-8,11H,3-6H2,1-2H3,(H2,10,12)(H,13,14,15). The van der Waals surface area contributed by atoms with Gasteiger partial charge < -0.3 is 11.1 Å². The minimum Gasteiger partial charge on any atom is -0.369 e. The van der Waals surface area contributed by atoms with E-state index in [-0.39, 0.29) is 23.5 Å². The van der Waals surface area contributed by atoms with E-state index < -0.39 is 10.1 Å². The molecule has 96 valence electrons. The minimum atomic E-state index is -3.89. The Hall–Kier alpha value is -0.660. The molecule has 4 N–H and O–H groups in total. The number of nitrogens with one attached hydrogen (secondary N) is 1. The van der Waals surface area contributed by atoms with Gasteiger partial charge in [-0.2, -0.15) is 8.42 Å². The monoisotopic (exact) mass is 252 g/mol. The second kappa shape index (κ2) is 6.82. The molecule has 1 atom stereocenters. The Labute approximate surface area is 96.3 Å². The van der Waals surface area contributed by atoms with Crippen molar-refractivity contribution in [2.45, 2.75) is 20.3 Å². The fraction of sp³-hybridized carbons (Fsp3) is 0.889.